The SMILES string of the molecule is CCCN(C(=O)NCCC(C)(C)CCC(=O)O)C1CC1. The number of nitrogens with one attached hydrogen (secondary N) is 1. The zero-order chi connectivity index (χ0) is 15.2. The van der Waals surface area contributed by atoms with E-state index in [1.165, 1.54) is 0 Å². The molecule has 0 bridgehead atoms. The summed E-state index contributed by atoms with van der Waals surface area (Å²) in [5.74, 6) is -0.759. The second kappa shape index (κ2) is 7.50. The highest BCUT2D eigenvalue weighted by Gasteiger charge is 2.31. The van der Waals surface area contributed by atoms with Gasteiger partial charge in [-0.1, -0.05) is 20.8 Å². The van der Waals surface area contributed by atoms with Gasteiger partial charge in [-0.25, -0.2) is 4.79 Å². The molecule has 0 aromatic heterocycles. The molecule has 0 aromatic rings. The Morgan fingerprint density at radius 3 is 2.45 bits per heavy atom. The Balaban J connectivity index is 2.27. The summed E-state index contributed by atoms with van der Waals surface area (Å²) in [6.45, 7) is 7.61. The Kier molecular flexibility index (Phi) is 6.30. The molecule has 0 aliphatic heterocycles. The van der Waals surface area contributed by atoms with E-state index < -0.39 is 5.97 Å². The molecule has 116 valence electrons. The molecular weight excluding hydrogens is 256 g/mol. The first-order valence-electron chi connectivity index (χ1n) is 7.62. The van der Waals surface area contributed by atoms with Crippen LogP contribution in [0.4, 0.5) is 4.79 Å². The molecule has 1 aliphatic rings. The molecule has 0 spiro atoms. The number of urea groups is 1. The van der Waals surface area contributed by atoms with Crippen molar-refractivity contribution in [2.75, 3.05) is 13.1 Å². The van der Waals surface area contributed by atoms with Crippen molar-refractivity contribution in [1.29, 1.82) is 0 Å². The van der Waals surface area contributed by atoms with Gasteiger partial charge in [-0.05, 0) is 37.5 Å². The minimum atomic E-state index is -0.759. The Labute approximate surface area is 121 Å². The molecular formula is C15H28N2O3. The lowest BCUT2D eigenvalue weighted by Crippen LogP contribution is -2.42. The largest absolute Gasteiger partial charge is 0.481 e. The molecule has 0 atom stereocenters. The van der Waals surface area contributed by atoms with Gasteiger partial charge in [0.2, 0.25) is 0 Å². The fourth-order valence-electron chi connectivity index (χ4n) is 2.26. The average Bonchev–Trinajstić information content (AvgIpc) is 3.17. The number of nitrogens with zero attached hydrogens (tertiary/aromatic N) is 1. The van der Waals surface area contributed by atoms with Gasteiger partial charge in [0, 0.05) is 25.6 Å². The summed E-state index contributed by atoms with van der Waals surface area (Å²) in [4.78, 5) is 24.6. The smallest absolute Gasteiger partial charge is 0.317 e. The molecule has 5 heteroatoms. The molecule has 1 aliphatic carbocycles. The van der Waals surface area contributed by atoms with Gasteiger partial charge >= 0.3 is 12.0 Å². The Hall–Kier alpha value is -1.26. The number of rotatable bonds is 9. The van der Waals surface area contributed by atoms with Gasteiger partial charge in [0.1, 0.15) is 0 Å². The van der Waals surface area contributed by atoms with Crippen molar-refractivity contribution in [3.05, 3.63) is 0 Å². The first-order chi connectivity index (χ1) is 9.35. The summed E-state index contributed by atoms with van der Waals surface area (Å²) in [6, 6.07) is 0.471. The Morgan fingerprint density at radius 2 is 1.95 bits per heavy atom. The molecule has 2 amide bonds. The number of hydrogen-bond donors (Lipinski definition) is 2. The quantitative estimate of drug-likeness (QED) is 0.684. The summed E-state index contributed by atoms with van der Waals surface area (Å²) >= 11 is 0. The molecule has 0 radical (unpaired) electrons. The molecule has 20 heavy (non-hydrogen) atoms. The lowest BCUT2D eigenvalue weighted by Gasteiger charge is -2.26. The van der Waals surface area contributed by atoms with Crippen LogP contribution in [-0.2, 0) is 4.79 Å². The van der Waals surface area contributed by atoms with Crippen molar-refractivity contribution in [2.45, 2.75) is 65.3 Å². The van der Waals surface area contributed by atoms with E-state index in [2.05, 4.69) is 12.2 Å². The molecule has 1 fully saturated rings. The maximum Gasteiger partial charge on any atom is 0.317 e. The number of carboxylic acid groups (broad SMARTS) is 1. The van der Waals surface area contributed by atoms with Crippen LogP contribution in [0.25, 0.3) is 0 Å². The molecule has 5 nitrogen and oxygen atoms in total. The van der Waals surface area contributed by atoms with Crippen molar-refractivity contribution in [2.24, 2.45) is 5.41 Å². The third kappa shape index (κ3) is 6.26. The second-order valence-electron chi connectivity index (χ2n) is 6.46. The van der Waals surface area contributed by atoms with Gasteiger partial charge in [0.15, 0.2) is 0 Å². The molecule has 1 rings (SSSR count). The van der Waals surface area contributed by atoms with Gasteiger partial charge in [-0.2, -0.15) is 0 Å². The van der Waals surface area contributed by atoms with Crippen LogP contribution in [-0.4, -0.2) is 41.1 Å². The highest BCUT2D eigenvalue weighted by molar-refractivity contribution is 5.74. The van der Waals surface area contributed by atoms with E-state index >= 15 is 0 Å². The molecule has 0 saturated heterocycles. The zero-order valence-electron chi connectivity index (χ0n) is 12.9. The van der Waals surface area contributed by atoms with Crippen LogP contribution in [0.5, 0.6) is 0 Å². The number of carboxylic acids is 1. The highest BCUT2D eigenvalue weighted by Crippen LogP contribution is 2.28. The van der Waals surface area contributed by atoms with Gasteiger partial charge in [-0.3, -0.25) is 4.79 Å². The monoisotopic (exact) mass is 284 g/mol. The van der Waals surface area contributed by atoms with Crippen LogP contribution in [0.15, 0.2) is 0 Å². The van der Waals surface area contributed by atoms with E-state index in [0.717, 1.165) is 32.2 Å². The fraction of sp³-hybridized carbons (Fsp3) is 0.867. The van der Waals surface area contributed by atoms with Crippen LogP contribution in [0.1, 0.15) is 59.3 Å². The topological polar surface area (TPSA) is 69.6 Å². The van der Waals surface area contributed by atoms with Crippen LogP contribution < -0.4 is 5.32 Å². The molecule has 0 aromatic carbocycles. The van der Waals surface area contributed by atoms with E-state index in [-0.39, 0.29) is 17.9 Å². The first kappa shape index (κ1) is 16.8. The Morgan fingerprint density at radius 1 is 1.30 bits per heavy atom. The predicted molar refractivity (Wildman–Crippen MR) is 78.7 cm³/mol. The van der Waals surface area contributed by atoms with Crippen LogP contribution in [0, 0.1) is 5.41 Å². The lowest BCUT2D eigenvalue weighted by molar-refractivity contribution is -0.137. The lowest BCUT2D eigenvalue weighted by atomic mass is 9.84. The standard InChI is InChI=1S/C15H28N2O3/c1-4-11-17(12-5-6-12)14(20)16-10-9-15(2,3)8-7-13(18)19/h12H,4-11H2,1-3H3,(H,16,20)(H,18,19). The molecule has 2 N–H and O–H groups in total. The second-order valence-corrected chi connectivity index (χ2v) is 6.46. The van der Waals surface area contributed by atoms with Crippen molar-refractivity contribution >= 4 is 12.0 Å². The molecule has 0 heterocycles. The summed E-state index contributed by atoms with van der Waals surface area (Å²) in [7, 11) is 0. The van der Waals surface area contributed by atoms with Crippen LogP contribution in [0.2, 0.25) is 0 Å². The molecule has 0 unspecified atom stereocenters. The third-order valence-electron chi connectivity index (χ3n) is 3.81. The van der Waals surface area contributed by atoms with Crippen molar-refractivity contribution in [1.82, 2.24) is 10.2 Å². The number of hydrogen-bond acceptors (Lipinski definition) is 2. The van der Waals surface area contributed by atoms with Gasteiger partial charge in [0.05, 0.1) is 0 Å². The number of carbonyl (C=O) groups excluding carboxylic acids is 1. The van der Waals surface area contributed by atoms with E-state index in [4.69, 9.17) is 5.11 Å². The minimum absolute atomic E-state index is 0.0309. The summed E-state index contributed by atoms with van der Waals surface area (Å²) < 4.78 is 0. The first-order valence-corrected chi connectivity index (χ1v) is 7.62. The normalized spacial score (nSPS) is 14.9. The van der Waals surface area contributed by atoms with Crippen LogP contribution in [0.3, 0.4) is 0 Å². The van der Waals surface area contributed by atoms with Crippen molar-refractivity contribution < 1.29 is 14.7 Å². The van der Waals surface area contributed by atoms with Crippen molar-refractivity contribution in [3.63, 3.8) is 0 Å². The number of carbonyl (C=O) groups is 2. The maximum absolute atomic E-state index is 12.1. The van der Waals surface area contributed by atoms with Gasteiger partial charge < -0.3 is 15.3 Å². The van der Waals surface area contributed by atoms with Gasteiger partial charge in [-0.15, -0.1) is 0 Å². The van der Waals surface area contributed by atoms with E-state index in [1.54, 1.807) is 0 Å². The predicted octanol–water partition coefficient (Wildman–Crippen LogP) is 2.85. The van der Waals surface area contributed by atoms with E-state index in [9.17, 15) is 9.59 Å². The van der Waals surface area contributed by atoms with Crippen molar-refractivity contribution in [3.8, 4) is 0 Å². The summed E-state index contributed by atoms with van der Waals surface area (Å²) in [6.07, 6.45) is 4.85. The van der Waals surface area contributed by atoms with E-state index in [1.807, 2.05) is 18.7 Å². The van der Waals surface area contributed by atoms with Crippen LogP contribution >= 0.6 is 0 Å². The van der Waals surface area contributed by atoms with E-state index in [0.29, 0.717) is 19.0 Å². The summed E-state index contributed by atoms with van der Waals surface area (Å²) in [5, 5.41) is 11.7. The molecule has 1 saturated carbocycles. The Bertz CT molecular complexity index is 338. The average molecular weight is 284 g/mol. The maximum atomic E-state index is 12.1. The number of aliphatic carboxylic acids is 1. The van der Waals surface area contributed by atoms with Gasteiger partial charge in [0.25, 0.3) is 0 Å². The summed E-state index contributed by atoms with van der Waals surface area (Å²) in [5.41, 5.74) is -0.0547. The highest BCUT2D eigenvalue weighted by atomic mass is 16.4. The number of amides is 2. The minimum Gasteiger partial charge on any atom is -0.481 e. The zero-order valence-corrected chi connectivity index (χ0v) is 12.9. The fourth-order valence-corrected chi connectivity index (χ4v) is 2.26. The third-order valence-corrected chi connectivity index (χ3v) is 3.81.